The summed E-state index contributed by atoms with van der Waals surface area (Å²) >= 11 is 4.23. The summed E-state index contributed by atoms with van der Waals surface area (Å²) in [6.07, 6.45) is 1.05. The number of H-pyrrole nitrogens is 1. The number of nitrogens with one attached hydrogen (secondary N) is 1. The van der Waals surface area contributed by atoms with E-state index in [4.69, 9.17) is 0 Å². The third kappa shape index (κ3) is 2.57. The zero-order chi connectivity index (χ0) is 11.5. The molecular weight excluding hydrogens is 218 g/mol. The summed E-state index contributed by atoms with van der Waals surface area (Å²) in [7, 11) is 2.08. The van der Waals surface area contributed by atoms with Crippen LogP contribution in [0.3, 0.4) is 0 Å². The van der Waals surface area contributed by atoms with Crippen LogP contribution < -0.4 is 0 Å². The Morgan fingerprint density at radius 2 is 2.25 bits per heavy atom. The van der Waals surface area contributed by atoms with Gasteiger partial charge in [-0.3, -0.25) is 4.90 Å². The van der Waals surface area contributed by atoms with E-state index in [9.17, 15) is 0 Å². The molecule has 1 N–H and O–H groups in total. The second-order valence-corrected chi connectivity index (χ2v) is 4.43. The van der Waals surface area contributed by atoms with Gasteiger partial charge in [-0.2, -0.15) is 12.6 Å². The van der Waals surface area contributed by atoms with E-state index < -0.39 is 0 Å². The van der Waals surface area contributed by atoms with Gasteiger partial charge in [0.25, 0.3) is 0 Å². The number of likely N-dealkylation sites (N-methyl/N-ethyl adjacent to an activating group) is 1. The minimum Gasteiger partial charge on any atom is -0.342 e. The van der Waals surface area contributed by atoms with E-state index in [1.165, 1.54) is 5.56 Å². The van der Waals surface area contributed by atoms with Gasteiger partial charge in [0.15, 0.2) is 0 Å². The average Bonchev–Trinajstić information content (AvgIpc) is 2.65. The van der Waals surface area contributed by atoms with Crippen molar-refractivity contribution in [1.82, 2.24) is 14.9 Å². The molecule has 2 rings (SSSR count). The molecule has 0 saturated carbocycles. The lowest BCUT2D eigenvalue weighted by Gasteiger charge is -2.12. The zero-order valence-corrected chi connectivity index (χ0v) is 10.6. The number of rotatable bonds is 4. The van der Waals surface area contributed by atoms with Crippen molar-refractivity contribution in [2.45, 2.75) is 13.3 Å². The Hall–Kier alpha value is -1.00. The number of aromatic amines is 1. The molecule has 3 nitrogen and oxygen atoms in total. The van der Waals surface area contributed by atoms with Gasteiger partial charge >= 0.3 is 0 Å². The molecule has 0 spiro atoms. The molecule has 1 heterocycles. The number of hydrogen-bond acceptors (Lipinski definition) is 3. The van der Waals surface area contributed by atoms with Crippen molar-refractivity contribution in [3.05, 3.63) is 29.6 Å². The highest BCUT2D eigenvalue weighted by Gasteiger charge is 2.02. The molecule has 0 fully saturated rings. The van der Waals surface area contributed by atoms with Crippen LogP contribution in [0, 0.1) is 6.92 Å². The third-order valence-corrected chi connectivity index (χ3v) is 3.17. The largest absolute Gasteiger partial charge is 0.342 e. The smallest absolute Gasteiger partial charge is 0.104 e. The number of hydrogen-bond donors (Lipinski definition) is 2. The topological polar surface area (TPSA) is 31.9 Å². The highest BCUT2D eigenvalue weighted by Crippen LogP contribution is 2.14. The summed E-state index contributed by atoms with van der Waals surface area (Å²) in [5.41, 5.74) is 3.51. The van der Waals surface area contributed by atoms with Gasteiger partial charge in [0.2, 0.25) is 0 Å². The molecule has 0 bridgehead atoms. The number of aromatic nitrogens is 2. The van der Waals surface area contributed by atoms with Gasteiger partial charge in [-0.25, -0.2) is 4.98 Å². The van der Waals surface area contributed by atoms with Crippen LogP contribution in [-0.2, 0) is 6.42 Å². The number of nitrogens with zero attached hydrogens (tertiary/aromatic N) is 2. The third-order valence-electron chi connectivity index (χ3n) is 2.69. The van der Waals surface area contributed by atoms with Gasteiger partial charge < -0.3 is 4.98 Å². The highest BCUT2D eigenvalue weighted by molar-refractivity contribution is 7.80. The zero-order valence-electron chi connectivity index (χ0n) is 9.70. The van der Waals surface area contributed by atoms with Crippen molar-refractivity contribution in [3.63, 3.8) is 0 Å². The van der Waals surface area contributed by atoms with Crippen LogP contribution in [0.4, 0.5) is 0 Å². The maximum Gasteiger partial charge on any atom is 0.104 e. The molecule has 16 heavy (non-hydrogen) atoms. The lowest BCUT2D eigenvalue weighted by Crippen LogP contribution is -2.19. The Morgan fingerprint density at radius 1 is 1.44 bits per heavy atom. The lowest BCUT2D eigenvalue weighted by molar-refractivity contribution is 0.399. The number of thiol groups is 1. The van der Waals surface area contributed by atoms with Crippen molar-refractivity contribution in [3.8, 4) is 0 Å². The molecule has 0 aliphatic heterocycles. The number of benzene rings is 1. The van der Waals surface area contributed by atoms with Gasteiger partial charge in [-0.05, 0) is 38.1 Å². The van der Waals surface area contributed by atoms with Crippen LogP contribution in [0.25, 0.3) is 11.0 Å². The summed E-state index contributed by atoms with van der Waals surface area (Å²) in [5, 5.41) is 0. The van der Waals surface area contributed by atoms with Gasteiger partial charge in [0, 0.05) is 12.4 Å². The quantitative estimate of drug-likeness (QED) is 0.629. The maximum absolute atomic E-state index is 4.39. The summed E-state index contributed by atoms with van der Waals surface area (Å²) in [6.45, 7) is 3.01. The molecule has 0 amide bonds. The summed E-state index contributed by atoms with van der Waals surface area (Å²) in [4.78, 5) is 9.83. The molecule has 0 aliphatic rings. The number of aryl methyl sites for hydroxylation is 1. The van der Waals surface area contributed by atoms with E-state index in [1.54, 1.807) is 0 Å². The molecule has 1 aromatic heterocycles. The van der Waals surface area contributed by atoms with Crippen LogP contribution >= 0.6 is 12.6 Å². The molecule has 0 saturated heterocycles. The first-order valence-corrected chi connectivity index (χ1v) is 6.07. The first kappa shape index (κ1) is 11.5. The van der Waals surface area contributed by atoms with Gasteiger partial charge in [0.05, 0.1) is 11.0 Å². The van der Waals surface area contributed by atoms with E-state index in [0.29, 0.717) is 0 Å². The molecule has 0 atom stereocenters. The molecule has 0 unspecified atom stereocenters. The summed E-state index contributed by atoms with van der Waals surface area (Å²) in [5.74, 6) is 1.77. The summed E-state index contributed by atoms with van der Waals surface area (Å²) < 4.78 is 0. The van der Waals surface area contributed by atoms with E-state index in [0.717, 1.165) is 35.7 Å². The van der Waals surface area contributed by atoms with Crippen LogP contribution in [0.1, 0.15) is 11.4 Å². The standard InChI is InChI=1S/C12H17N3S/c1-9-13-11-4-3-10(7-12(11)14-9)5-6-15(2)8-16/h3-4,7,16H,5-6,8H2,1-2H3,(H,13,14). The Labute approximate surface area is 101 Å². The second kappa shape index (κ2) is 4.89. The van der Waals surface area contributed by atoms with E-state index in [1.807, 2.05) is 6.92 Å². The van der Waals surface area contributed by atoms with Gasteiger partial charge in [-0.15, -0.1) is 0 Å². The average molecular weight is 235 g/mol. The molecule has 4 heteroatoms. The van der Waals surface area contributed by atoms with Crippen LogP contribution in [0.15, 0.2) is 18.2 Å². The minimum atomic E-state index is 0.797. The minimum absolute atomic E-state index is 0.797. The Kier molecular flexibility index (Phi) is 3.51. The van der Waals surface area contributed by atoms with Crippen molar-refractivity contribution >= 4 is 23.7 Å². The number of fused-ring (bicyclic) bond motifs is 1. The van der Waals surface area contributed by atoms with Crippen LogP contribution in [0.5, 0.6) is 0 Å². The molecule has 86 valence electrons. The Morgan fingerprint density at radius 3 is 3.00 bits per heavy atom. The SMILES string of the molecule is Cc1nc2ccc(CCN(C)CS)cc2[nH]1. The first-order chi connectivity index (χ1) is 7.69. The van der Waals surface area contributed by atoms with Crippen molar-refractivity contribution in [2.24, 2.45) is 0 Å². The Balaban J connectivity index is 2.13. The first-order valence-electron chi connectivity index (χ1n) is 5.43. The molecule has 1 aromatic carbocycles. The fourth-order valence-corrected chi connectivity index (χ4v) is 1.87. The van der Waals surface area contributed by atoms with E-state index in [2.05, 4.69) is 52.7 Å². The van der Waals surface area contributed by atoms with Crippen LogP contribution in [0.2, 0.25) is 0 Å². The number of imidazole rings is 1. The monoisotopic (exact) mass is 235 g/mol. The second-order valence-electron chi connectivity index (χ2n) is 4.14. The van der Waals surface area contributed by atoms with Crippen LogP contribution in [-0.4, -0.2) is 34.3 Å². The van der Waals surface area contributed by atoms with Crippen molar-refractivity contribution < 1.29 is 0 Å². The lowest BCUT2D eigenvalue weighted by atomic mass is 10.1. The van der Waals surface area contributed by atoms with Crippen molar-refractivity contribution in [2.75, 3.05) is 19.5 Å². The molecule has 0 aliphatic carbocycles. The van der Waals surface area contributed by atoms with E-state index >= 15 is 0 Å². The van der Waals surface area contributed by atoms with Crippen molar-refractivity contribution in [1.29, 1.82) is 0 Å². The Bertz CT molecular complexity index is 478. The van der Waals surface area contributed by atoms with Gasteiger partial charge in [-0.1, -0.05) is 6.07 Å². The predicted molar refractivity (Wildman–Crippen MR) is 71.0 cm³/mol. The molecular formula is C12H17N3S. The van der Waals surface area contributed by atoms with E-state index in [-0.39, 0.29) is 0 Å². The predicted octanol–water partition coefficient (Wildman–Crippen LogP) is 2.23. The fraction of sp³-hybridized carbons (Fsp3) is 0.417. The maximum atomic E-state index is 4.39. The summed E-state index contributed by atoms with van der Waals surface area (Å²) in [6, 6.07) is 6.41. The molecule has 0 radical (unpaired) electrons. The molecule has 2 aromatic rings. The fourth-order valence-electron chi connectivity index (χ4n) is 1.73. The normalized spacial score (nSPS) is 11.5. The van der Waals surface area contributed by atoms with Gasteiger partial charge in [0.1, 0.15) is 5.82 Å². The highest BCUT2D eigenvalue weighted by atomic mass is 32.1.